The summed E-state index contributed by atoms with van der Waals surface area (Å²) in [6, 6.07) is 15.7. The maximum Gasteiger partial charge on any atom is 0.374 e. The number of nitrogens with zero attached hydrogens (tertiary/aromatic N) is 1. The second-order valence-corrected chi connectivity index (χ2v) is 6.45. The Morgan fingerprint density at radius 3 is 2.33 bits per heavy atom. The summed E-state index contributed by atoms with van der Waals surface area (Å²) < 4.78 is 10.3. The van der Waals surface area contributed by atoms with Gasteiger partial charge in [-0.3, -0.25) is 20.4 Å². The number of carbonyl (C=O) groups is 3. The lowest BCUT2D eigenvalue weighted by Crippen LogP contribution is -2.43. The van der Waals surface area contributed by atoms with Crippen LogP contribution in [0.2, 0.25) is 0 Å². The third-order valence-electron chi connectivity index (χ3n) is 4.53. The van der Waals surface area contributed by atoms with Gasteiger partial charge in [0, 0.05) is 29.7 Å². The van der Waals surface area contributed by atoms with Crippen LogP contribution in [0.25, 0.3) is 11.0 Å². The molecule has 0 aliphatic rings. The maximum absolute atomic E-state index is 12.2. The average Bonchev–Trinajstić information content (AvgIpc) is 3.21. The van der Waals surface area contributed by atoms with Gasteiger partial charge < -0.3 is 14.1 Å². The normalized spacial score (nSPS) is 10.5. The van der Waals surface area contributed by atoms with Crippen LogP contribution in [0.3, 0.4) is 0 Å². The number of fused-ring (bicyclic) bond motifs is 1. The number of para-hydroxylation sites is 1. The minimum absolute atomic E-state index is 0.00123. The van der Waals surface area contributed by atoms with Gasteiger partial charge >= 0.3 is 5.97 Å². The summed E-state index contributed by atoms with van der Waals surface area (Å²) in [6.07, 6.45) is 0. The van der Waals surface area contributed by atoms with E-state index < -0.39 is 24.4 Å². The van der Waals surface area contributed by atoms with Crippen molar-refractivity contribution in [3.05, 3.63) is 65.9 Å². The van der Waals surface area contributed by atoms with E-state index >= 15 is 0 Å². The van der Waals surface area contributed by atoms with Gasteiger partial charge in [0.25, 0.3) is 11.8 Å². The zero-order valence-corrected chi connectivity index (χ0v) is 16.8. The van der Waals surface area contributed by atoms with Gasteiger partial charge in [0.05, 0.1) is 0 Å². The van der Waals surface area contributed by atoms with Gasteiger partial charge in [-0.2, -0.15) is 0 Å². The average molecular weight is 409 g/mol. The molecule has 0 aliphatic carbocycles. The fourth-order valence-corrected chi connectivity index (χ4v) is 2.93. The number of benzene rings is 2. The number of rotatable bonds is 7. The first-order valence-electron chi connectivity index (χ1n) is 9.61. The molecule has 2 amide bonds. The zero-order chi connectivity index (χ0) is 21.5. The smallest absolute Gasteiger partial charge is 0.374 e. The van der Waals surface area contributed by atoms with Crippen molar-refractivity contribution in [2.24, 2.45) is 0 Å². The first-order valence-corrected chi connectivity index (χ1v) is 9.61. The van der Waals surface area contributed by atoms with Crippen LogP contribution < -0.4 is 15.8 Å². The zero-order valence-electron chi connectivity index (χ0n) is 16.8. The lowest BCUT2D eigenvalue weighted by atomic mass is 10.2. The van der Waals surface area contributed by atoms with Crippen LogP contribution in [0.5, 0.6) is 0 Å². The molecule has 2 aromatic carbocycles. The van der Waals surface area contributed by atoms with Crippen molar-refractivity contribution >= 4 is 34.4 Å². The Morgan fingerprint density at radius 2 is 1.67 bits per heavy atom. The van der Waals surface area contributed by atoms with Crippen LogP contribution in [0, 0.1) is 0 Å². The molecule has 1 heterocycles. The van der Waals surface area contributed by atoms with Crippen molar-refractivity contribution < 1.29 is 23.5 Å². The third-order valence-corrected chi connectivity index (χ3v) is 4.53. The van der Waals surface area contributed by atoms with Crippen LogP contribution in [0.15, 0.2) is 59.0 Å². The highest BCUT2D eigenvalue weighted by molar-refractivity contribution is 5.96. The molecule has 0 aliphatic heterocycles. The minimum Gasteiger partial charge on any atom is -0.450 e. The van der Waals surface area contributed by atoms with E-state index in [1.807, 2.05) is 18.2 Å². The summed E-state index contributed by atoms with van der Waals surface area (Å²) in [5, 5.41) is 0.758. The van der Waals surface area contributed by atoms with Crippen molar-refractivity contribution in [2.45, 2.75) is 13.8 Å². The number of hydrogen-bond donors (Lipinski definition) is 2. The molecular formula is C22H23N3O5. The SMILES string of the molecule is CCN(CC)c1ccc(C(=O)NNC(=O)COC(=O)c2cc3ccccc3o2)cc1. The molecule has 3 aromatic rings. The standard InChI is InChI=1S/C22H23N3O5/c1-3-25(4-2)17-11-9-15(10-12-17)21(27)24-23-20(26)14-29-22(28)19-13-16-7-5-6-8-18(16)30-19/h5-13H,3-4,14H2,1-2H3,(H,23,26)(H,24,27). The molecule has 8 nitrogen and oxygen atoms in total. The van der Waals surface area contributed by atoms with Gasteiger partial charge in [-0.15, -0.1) is 0 Å². The summed E-state index contributed by atoms with van der Waals surface area (Å²) in [4.78, 5) is 38.2. The number of anilines is 1. The number of esters is 1. The number of amides is 2. The fraction of sp³-hybridized carbons (Fsp3) is 0.227. The van der Waals surface area contributed by atoms with E-state index in [0.717, 1.165) is 24.2 Å². The molecule has 0 spiro atoms. The largest absolute Gasteiger partial charge is 0.450 e. The number of nitrogens with one attached hydrogen (secondary N) is 2. The number of ether oxygens (including phenoxy) is 1. The van der Waals surface area contributed by atoms with Crippen LogP contribution in [0.1, 0.15) is 34.8 Å². The Morgan fingerprint density at radius 1 is 0.967 bits per heavy atom. The predicted molar refractivity (Wildman–Crippen MR) is 112 cm³/mol. The lowest BCUT2D eigenvalue weighted by molar-refractivity contribution is -0.125. The van der Waals surface area contributed by atoms with E-state index in [1.54, 1.807) is 36.4 Å². The number of carbonyl (C=O) groups excluding carboxylic acids is 3. The Labute approximate surface area is 173 Å². The molecule has 0 fully saturated rings. The van der Waals surface area contributed by atoms with Gasteiger partial charge in [0.1, 0.15) is 5.58 Å². The van der Waals surface area contributed by atoms with Crippen LogP contribution in [0.4, 0.5) is 5.69 Å². The number of furan rings is 1. The van der Waals surface area contributed by atoms with Crippen molar-refractivity contribution in [3.63, 3.8) is 0 Å². The topological polar surface area (TPSA) is 101 Å². The van der Waals surface area contributed by atoms with Crippen molar-refractivity contribution in [3.8, 4) is 0 Å². The summed E-state index contributed by atoms with van der Waals surface area (Å²) in [7, 11) is 0. The first kappa shape index (κ1) is 20.9. The molecule has 2 N–H and O–H groups in total. The molecular weight excluding hydrogens is 386 g/mol. The van der Waals surface area contributed by atoms with E-state index in [9.17, 15) is 14.4 Å². The lowest BCUT2D eigenvalue weighted by Gasteiger charge is -2.21. The van der Waals surface area contributed by atoms with E-state index in [2.05, 4.69) is 29.6 Å². The predicted octanol–water partition coefficient (Wildman–Crippen LogP) is 2.90. The summed E-state index contributed by atoms with van der Waals surface area (Å²) >= 11 is 0. The van der Waals surface area contributed by atoms with Gasteiger partial charge in [-0.05, 0) is 50.2 Å². The van der Waals surface area contributed by atoms with Gasteiger partial charge in [0.15, 0.2) is 6.61 Å². The van der Waals surface area contributed by atoms with Gasteiger partial charge in [0.2, 0.25) is 5.76 Å². The van der Waals surface area contributed by atoms with Crippen LogP contribution in [-0.4, -0.2) is 37.5 Å². The highest BCUT2D eigenvalue weighted by atomic mass is 16.5. The molecule has 3 rings (SSSR count). The monoisotopic (exact) mass is 409 g/mol. The Hall–Kier alpha value is -3.81. The van der Waals surface area contributed by atoms with Crippen LogP contribution in [-0.2, 0) is 9.53 Å². The molecule has 0 unspecified atom stereocenters. The summed E-state index contributed by atoms with van der Waals surface area (Å²) in [5.41, 5.74) is 6.47. The third kappa shape index (κ3) is 4.96. The first-order chi connectivity index (χ1) is 14.5. The van der Waals surface area contributed by atoms with E-state index in [0.29, 0.717) is 11.1 Å². The quantitative estimate of drug-likeness (QED) is 0.460. The molecule has 0 radical (unpaired) electrons. The fourth-order valence-electron chi connectivity index (χ4n) is 2.93. The van der Waals surface area contributed by atoms with E-state index in [-0.39, 0.29) is 5.76 Å². The molecule has 0 saturated carbocycles. The molecule has 1 aromatic heterocycles. The van der Waals surface area contributed by atoms with Crippen molar-refractivity contribution in [2.75, 3.05) is 24.6 Å². The molecule has 30 heavy (non-hydrogen) atoms. The molecule has 0 saturated heterocycles. The maximum atomic E-state index is 12.2. The molecule has 8 heteroatoms. The number of hydrazine groups is 1. The second-order valence-electron chi connectivity index (χ2n) is 6.45. The van der Waals surface area contributed by atoms with Crippen molar-refractivity contribution in [1.82, 2.24) is 10.9 Å². The molecule has 0 bridgehead atoms. The van der Waals surface area contributed by atoms with Gasteiger partial charge in [-0.1, -0.05) is 18.2 Å². The number of hydrogen-bond acceptors (Lipinski definition) is 6. The summed E-state index contributed by atoms with van der Waals surface area (Å²) in [5.74, 6) is -1.91. The Kier molecular flexibility index (Phi) is 6.69. The van der Waals surface area contributed by atoms with E-state index in [4.69, 9.17) is 9.15 Å². The minimum atomic E-state index is -0.764. The van der Waals surface area contributed by atoms with E-state index in [1.165, 1.54) is 0 Å². The second kappa shape index (κ2) is 9.60. The van der Waals surface area contributed by atoms with Crippen molar-refractivity contribution in [1.29, 1.82) is 0 Å². The Bertz CT molecular complexity index is 1010. The summed E-state index contributed by atoms with van der Waals surface area (Å²) in [6.45, 7) is 5.29. The highest BCUT2D eigenvalue weighted by Crippen LogP contribution is 2.19. The Balaban J connectivity index is 1.47. The highest BCUT2D eigenvalue weighted by Gasteiger charge is 2.16. The van der Waals surface area contributed by atoms with Crippen LogP contribution >= 0.6 is 0 Å². The van der Waals surface area contributed by atoms with Gasteiger partial charge in [-0.25, -0.2) is 4.79 Å². The molecule has 156 valence electrons. The molecule has 0 atom stereocenters.